The zero-order valence-electron chi connectivity index (χ0n) is 11.3. The lowest BCUT2D eigenvalue weighted by Gasteiger charge is -2.05. The van der Waals surface area contributed by atoms with Crippen molar-refractivity contribution in [2.75, 3.05) is 17.7 Å². The van der Waals surface area contributed by atoms with Crippen molar-refractivity contribution in [1.29, 1.82) is 0 Å². The Labute approximate surface area is 121 Å². The summed E-state index contributed by atoms with van der Waals surface area (Å²) >= 11 is 0. The van der Waals surface area contributed by atoms with E-state index in [0.29, 0.717) is 11.3 Å². The molecular weight excluding hydrogens is 271 g/mol. The van der Waals surface area contributed by atoms with Crippen LogP contribution in [0.2, 0.25) is 0 Å². The summed E-state index contributed by atoms with van der Waals surface area (Å²) in [4.78, 5) is 11.9. The number of hydrogen-bond acceptors (Lipinski definition) is 3. The SMILES string of the molecule is COc1ccc(NC=C2C(=O)Nc3ccccc32)cc1F. The van der Waals surface area contributed by atoms with Gasteiger partial charge in [0.05, 0.1) is 12.7 Å². The minimum absolute atomic E-state index is 0.178. The van der Waals surface area contributed by atoms with Gasteiger partial charge in [-0.05, 0) is 18.2 Å². The normalized spacial score (nSPS) is 14.8. The molecule has 2 aromatic carbocycles. The zero-order valence-corrected chi connectivity index (χ0v) is 11.3. The van der Waals surface area contributed by atoms with Gasteiger partial charge in [-0.3, -0.25) is 4.79 Å². The van der Waals surface area contributed by atoms with Crippen molar-refractivity contribution in [1.82, 2.24) is 0 Å². The third kappa shape index (κ3) is 2.45. The summed E-state index contributed by atoms with van der Waals surface area (Å²) in [7, 11) is 1.41. The number of ether oxygens (including phenoxy) is 1. The van der Waals surface area contributed by atoms with Gasteiger partial charge in [0.25, 0.3) is 5.91 Å². The lowest BCUT2D eigenvalue weighted by atomic mass is 10.1. The number of rotatable bonds is 3. The van der Waals surface area contributed by atoms with Crippen LogP contribution in [0.15, 0.2) is 48.7 Å². The van der Waals surface area contributed by atoms with Crippen LogP contribution in [0.3, 0.4) is 0 Å². The molecule has 1 heterocycles. The van der Waals surface area contributed by atoms with Crippen molar-refractivity contribution in [2.45, 2.75) is 0 Å². The number of methoxy groups -OCH3 is 1. The molecule has 4 nitrogen and oxygen atoms in total. The van der Waals surface area contributed by atoms with Gasteiger partial charge < -0.3 is 15.4 Å². The van der Waals surface area contributed by atoms with Crippen LogP contribution >= 0.6 is 0 Å². The topological polar surface area (TPSA) is 50.4 Å². The molecule has 0 bridgehead atoms. The van der Waals surface area contributed by atoms with E-state index in [1.54, 1.807) is 12.3 Å². The Morgan fingerprint density at radius 3 is 2.81 bits per heavy atom. The number of carbonyl (C=O) groups is 1. The van der Waals surface area contributed by atoms with Crippen molar-refractivity contribution in [2.24, 2.45) is 0 Å². The number of hydrogen-bond donors (Lipinski definition) is 2. The van der Waals surface area contributed by atoms with Crippen LogP contribution in [0, 0.1) is 5.82 Å². The van der Waals surface area contributed by atoms with Gasteiger partial charge in [-0.1, -0.05) is 18.2 Å². The fraction of sp³-hybridized carbons (Fsp3) is 0.0625. The molecule has 0 saturated heterocycles. The summed E-state index contributed by atoms with van der Waals surface area (Å²) in [5.41, 5.74) is 2.65. The van der Waals surface area contributed by atoms with Gasteiger partial charge in [-0.15, -0.1) is 0 Å². The summed E-state index contributed by atoms with van der Waals surface area (Å²) in [6.07, 6.45) is 1.57. The minimum atomic E-state index is -0.461. The molecule has 0 spiro atoms. The van der Waals surface area contributed by atoms with Gasteiger partial charge in [0.15, 0.2) is 11.6 Å². The highest BCUT2D eigenvalue weighted by molar-refractivity contribution is 6.31. The van der Waals surface area contributed by atoms with Crippen molar-refractivity contribution in [3.05, 3.63) is 60.0 Å². The number of anilines is 2. The molecule has 5 heteroatoms. The molecule has 0 aliphatic carbocycles. The number of amides is 1. The Balaban J connectivity index is 1.86. The molecule has 106 valence electrons. The van der Waals surface area contributed by atoms with Gasteiger partial charge in [0.1, 0.15) is 0 Å². The van der Waals surface area contributed by atoms with E-state index in [9.17, 15) is 9.18 Å². The first-order chi connectivity index (χ1) is 10.2. The monoisotopic (exact) mass is 284 g/mol. The van der Waals surface area contributed by atoms with Crippen molar-refractivity contribution < 1.29 is 13.9 Å². The summed E-state index contributed by atoms with van der Waals surface area (Å²) in [5.74, 6) is -0.466. The summed E-state index contributed by atoms with van der Waals surface area (Å²) in [6, 6.07) is 11.9. The van der Waals surface area contributed by atoms with Crippen molar-refractivity contribution >= 4 is 22.9 Å². The van der Waals surface area contributed by atoms with Crippen molar-refractivity contribution in [3.63, 3.8) is 0 Å². The van der Waals surface area contributed by atoms with E-state index in [2.05, 4.69) is 10.6 Å². The second-order valence-electron chi connectivity index (χ2n) is 4.55. The highest BCUT2D eigenvalue weighted by Gasteiger charge is 2.23. The average molecular weight is 284 g/mol. The number of fused-ring (bicyclic) bond motifs is 1. The Hall–Kier alpha value is -2.82. The smallest absolute Gasteiger partial charge is 0.257 e. The molecule has 1 amide bonds. The van der Waals surface area contributed by atoms with E-state index in [0.717, 1.165) is 11.3 Å². The second kappa shape index (κ2) is 5.28. The number of nitrogens with one attached hydrogen (secondary N) is 2. The maximum absolute atomic E-state index is 13.6. The van der Waals surface area contributed by atoms with E-state index in [1.807, 2.05) is 24.3 Å². The van der Waals surface area contributed by atoms with E-state index < -0.39 is 5.82 Å². The molecule has 0 saturated carbocycles. The van der Waals surface area contributed by atoms with Gasteiger partial charge in [-0.2, -0.15) is 0 Å². The van der Waals surface area contributed by atoms with E-state index >= 15 is 0 Å². The Morgan fingerprint density at radius 1 is 1.24 bits per heavy atom. The van der Waals surface area contributed by atoms with E-state index in [4.69, 9.17) is 4.74 Å². The third-order valence-electron chi connectivity index (χ3n) is 3.25. The van der Waals surface area contributed by atoms with Crippen LogP contribution < -0.4 is 15.4 Å². The van der Waals surface area contributed by atoms with Crippen LogP contribution in [0.5, 0.6) is 5.75 Å². The molecule has 0 atom stereocenters. The summed E-state index contributed by atoms with van der Waals surface area (Å²) in [5, 5.41) is 5.70. The van der Waals surface area contributed by atoms with Gasteiger partial charge >= 0.3 is 0 Å². The second-order valence-corrected chi connectivity index (χ2v) is 4.55. The Bertz CT molecular complexity index is 741. The Morgan fingerprint density at radius 2 is 2.05 bits per heavy atom. The van der Waals surface area contributed by atoms with Gasteiger partial charge in [-0.25, -0.2) is 4.39 Å². The maximum Gasteiger partial charge on any atom is 0.257 e. The van der Waals surface area contributed by atoms with Gasteiger partial charge in [0.2, 0.25) is 0 Å². The lowest BCUT2D eigenvalue weighted by molar-refractivity contribution is -0.110. The van der Waals surface area contributed by atoms with Crippen LogP contribution in [0.1, 0.15) is 5.56 Å². The van der Waals surface area contributed by atoms with Crippen LogP contribution in [0.25, 0.3) is 5.57 Å². The van der Waals surface area contributed by atoms with E-state index in [-0.39, 0.29) is 11.7 Å². The summed E-state index contributed by atoms with van der Waals surface area (Å²) in [6.45, 7) is 0. The fourth-order valence-electron chi connectivity index (χ4n) is 2.19. The van der Waals surface area contributed by atoms with Crippen molar-refractivity contribution in [3.8, 4) is 5.75 Å². The molecule has 0 unspecified atom stereocenters. The molecule has 0 fully saturated rings. The molecule has 0 aromatic heterocycles. The van der Waals surface area contributed by atoms with Gasteiger partial charge in [0, 0.05) is 29.2 Å². The highest BCUT2D eigenvalue weighted by atomic mass is 19.1. The predicted molar refractivity (Wildman–Crippen MR) is 79.6 cm³/mol. The quantitative estimate of drug-likeness (QED) is 0.851. The number of para-hydroxylation sites is 1. The third-order valence-corrected chi connectivity index (χ3v) is 3.25. The molecule has 1 aliphatic heterocycles. The molecule has 3 rings (SSSR count). The molecule has 0 radical (unpaired) electrons. The number of halogens is 1. The maximum atomic E-state index is 13.6. The first-order valence-electron chi connectivity index (χ1n) is 6.40. The number of benzene rings is 2. The first kappa shape index (κ1) is 13.2. The minimum Gasteiger partial charge on any atom is -0.494 e. The van der Waals surface area contributed by atoms with Crippen LogP contribution in [-0.4, -0.2) is 13.0 Å². The largest absolute Gasteiger partial charge is 0.494 e. The van der Waals surface area contributed by atoms with Crippen LogP contribution in [-0.2, 0) is 4.79 Å². The summed E-state index contributed by atoms with van der Waals surface area (Å²) < 4.78 is 18.5. The fourth-order valence-corrected chi connectivity index (χ4v) is 2.19. The predicted octanol–water partition coefficient (Wildman–Crippen LogP) is 3.24. The standard InChI is InChI=1S/C16H13FN2O2/c1-21-15-7-6-10(8-13(15)17)18-9-12-11-4-2-3-5-14(11)19-16(12)20/h2-9,18H,1H3,(H,19,20). The average Bonchev–Trinajstić information content (AvgIpc) is 2.81. The molecule has 2 N–H and O–H groups in total. The molecule has 21 heavy (non-hydrogen) atoms. The zero-order chi connectivity index (χ0) is 14.8. The Kier molecular flexibility index (Phi) is 3.31. The molecule has 1 aliphatic rings. The molecule has 2 aromatic rings. The first-order valence-corrected chi connectivity index (χ1v) is 6.40. The highest BCUT2D eigenvalue weighted by Crippen LogP contribution is 2.31. The molecular formula is C16H13FN2O2. The van der Waals surface area contributed by atoms with Crippen LogP contribution in [0.4, 0.5) is 15.8 Å². The van der Waals surface area contributed by atoms with E-state index in [1.165, 1.54) is 19.2 Å². The number of carbonyl (C=O) groups excluding carboxylic acids is 1. The lowest BCUT2D eigenvalue weighted by Crippen LogP contribution is -2.05.